The Morgan fingerprint density at radius 2 is 1.15 bits per heavy atom. The minimum Gasteiger partial charge on any atom is -0.402 e. The first-order valence-corrected chi connectivity index (χ1v) is 8.86. The molecule has 20 heavy (non-hydrogen) atoms. The molecule has 0 fully saturated rings. The fourth-order valence-corrected chi connectivity index (χ4v) is 2.57. The van der Waals surface area contributed by atoms with E-state index < -0.39 is 0 Å². The lowest BCUT2D eigenvalue weighted by atomic mass is 10.0. The van der Waals surface area contributed by atoms with Crippen molar-refractivity contribution < 1.29 is 5.11 Å². The molecule has 0 saturated carbocycles. The molecule has 0 aromatic heterocycles. The van der Waals surface area contributed by atoms with Gasteiger partial charge in [-0.2, -0.15) is 0 Å². The lowest BCUT2D eigenvalue weighted by molar-refractivity contribution is 0.341. The van der Waals surface area contributed by atoms with Gasteiger partial charge in [0.05, 0.1) is 6.61 Å². The molecule has 0 aliphatic rings. The third-order valence-corrected chi connectivity index (χ3v) is 3.92. The van der Waals surface area contributed by atoms with Crippen LogP contribution in [-0.4, -0.2) is 11.7 Å². The number of nitrogens with two attached hydrogens (primary N) is 1. The van der Waals surface area contributed by atoms with Crippen LogP contribution in [0.5, 0.6) is 0 Å². The molecule has 0 aromatic carbocycles. The largest absolute Gasteiger partial charge is 0.402 e. The van der Waals surface area contributed by atoms with Gasteiger partial charge in [-0.25, -0.2) is 0 Å². The SMILES string of the molecule is CCCCCCCCCCCCCCCC(N)=CCO. The first-order chi connectivity index (χ1) is 9.81. The van der Waals surface area contributed by atoms with Crippen molar-refractivity contribution in [2.75, 3.05) is 6.61 Å². The summed E-state index contributed by atoms with van der Waals surface area (Å²) >= 11 is 0. The van der Waals surface area contributed by atoms with Crippen LogP contribution in [0.2, 0.25) is 0 Å². The standard InChI is InChI=1S/C18H37NO/c1-2-3-4-5-6-7-8-9-10-11-12-13-14-15-18(19)16-17-20/h16,20H,2-15,17,19H2,1H3. The second kappa shape index (κ2) is 16.6. The summed E-state index contributed by atoms with van der Waals surface area (Å²) in [6.07, 6.45) is 20.6. The molecule has 2 heteroatoms. The number of hydrogen-bond donors (Lipinski definition) is 2. The molecule has 0 aromatic rings. The van der Waals surface area contributed by atoms with E-state index in [1.807, 2.05) is 0 Å². The quantitative estimate of drug-likeness (QED) is 0.400. The Morgan fingerprint density at radius 3 is 1.55 bits per heavy atom. The van der Waals surface area contributed by atoms with Crippen molar-refractivity contribution in [1.82, 2.24) is 0 Å². The summed E-state index contributed by atoms with van der Waals surface area (Å²) in [5, 5.41) is 8.68. The van der Waals surface area contributed by atoms with Gasteiger partial charge in [-0.05, 0) is 18.9 Å². The highest BCUT2D eigenvalue weighted by Crippen LogP contribution is 2.13. The Balaban J connectivity index is 3.04. The molecular weight excluding hydrogens is 246 g/mol. The first-order valence-electron chi connectivity index (χ1n) is 8.86. The number of rotatable bonds is 15. The van der Waals surface area contributed by atoms with E-state index in [2.05, 4.69) is 6.92 Å². The first kappa shape index (κ1) is 19.5. The van der Waals surface area contributed by atoms with E-state index >= 15 is 0 Å². The van der Waals surface area contributed by atoms with Crippen LogP contribution in [0, 0.1) is 0 Å². The number of hydrogen-bond acceptors (Lipinski definition) is 2. The van der Waals surface area contributed by atoms with Crippen molar-refractivity contribution >= 4 is 0 Å². The molecule has 3 N–H and O–H groups in total. The predicted octanol–water partition coefficient (Wildman–Crippen LogP) is 5.30. The minimum absolute atomic E-state index is 0.0737. The molecule has 0 atom stereocenters. The van der Waals surface area contributed by atoms with E-state index in [9.17, 15) is 0 Å². The van der Waals surface area contributed by atoms with Gasteiger partial charge < -0.3 is 10.8 Å². The molecule has 0 bridgehead atoms. The van der Waals surface area contributed by atoms with Crippen LogP contribution in [0.25, 0.3) is 0 Å². The number of allylic oxidation sites excluding steroid dienone is 1. The summed E-state index contributed by atoms with van der Waals surface area (Å²) in [6, 6.07) is 0. The van der Waals surface area contributed by atoms with Crippen molar-refractivity contribution in [3.8, 4) is 0 Å². The van der Waals surface area contributed by atoms with Crippen molar-refractivity contribution in [2.24, 2.45) is 5.73 Å². The van der Waals surface area contributed by atoms with Gasteiger partial charge in [0.2, 0.25) is 0 Å². The maximum absolute atomic E-state index is 8.68. The van der Waals surface area contributed by atoms with Crippen LogP contribution >= 0.6 is 0 Å². The number of aliphatic hydroxyl groups is 1. The zero-order chi connectivity index (χ0) is 14.9. The minimum atomic E-state index is 0.0737. The summed E-state index contributed by atoms with van der Waals surface area (Å²) in [6.45, 7) is 2.35. The van der Waals surface area contributed by atoms with Gasteiger partial charge in [0.15, 0.2) is 0 Å². The van der Waals surface area contributed by atoms with Gasteiger partial charge in [0, 0.05) is 5.70 Å². The van der Waals surface area contributed by atoms with Gasteiger partial charge in [-0.15, -0.1) is 0 Å². The van der Waals surface area contributed by atoms with Crippen LogP contribution < -0.4 is 5.73 Å². The normalized spacial score (nSPS) is 12.0. The third-order valence-electron chi connectivity index (χ3n) is 3.92. The Labute approximate surface area is 126 Å². The second-order valence-electron chi connectivity index (χ2n) is 5.95. The molecule has 0 rings (SSSR count). The van der Waals surface area contributed by atoms with Gasteiger partial charge in [-0.3, -0.25) is 0 Å². The maximum Gasteiger partial charge on any atom is 0.0631 e. The van der Waals surface area contributed by atoms with Crippen molar-refractivity contribution in [1.29, 1.82) is 0 Å². The zero-order valence-electron chi connectivity index (χ0n) is 13.7. The third kappa shape index (κ3) is 15.6. The Hall–Kier alpha value is -0.500. The fourth-order valence-electron chi connectivity index (χ4n) is 2.57. The second-order valence-corrected chi connectivity index (χ2v) is 5.95. The monoisotopic (exact) mass is 283 g/mol. The lowest BCUT2D eigenvalue weighted by Crippen LogP contribution is -1.98. The van der Waals surface area contributed by atoms with Crippen LogP contribution in [-0.2, 0) is 0 Å². The summed E-state index contributed by atoms with van der Waals surface area (Å²) in [5.41, 5.74) is 6.57. The van der Waals surface area contributed by atoms with E-state index in [4.69, 9.17) is 10.8 Å². The summed E-state index contributed by atoms with van der Waals surface area (Å²) in [5.74, 6) is 0. The Morgan fingerprint density at radius 1 is 0.750 bits per heavy atom. The molecule has 0 aliphatic heterocycles. The molecule has 0 heterocycles. The van der Waals surface area contributed by atoms with Crippen LogP contribution in [0.1, 0.15) is 96.8 Å². The van der Waals surface area contributed by atoms with E-state index in [1.54, 1.807) is 6.08 Å². The van der Waals surface area contributed by atoms with Crippen molar-refractivity contribution in [2.45, 2.75) is 96.8 Å². The highest BCUT2D eigenvalue weighted by molar-refractivity contribution is 4.95. The Kier molecular flexibility index (Phi) is 16.1. The van der Waals surface area contributed by atoms with E-state index in [0.717, 1.165) is 12.1 Å². The fraction of sp³-hybridized carbons (Fsp3) is 0.889. The van der Waals surface area contributed by atoms with E-state index in [-0.39, 0.29) is 6.61 Å². The molecule has 2 nitrogen and oxygen atoms in total. The molecule has 0 spiro atoms. The summed E-state index contributed by atoms with van der Waals surface area (Å²) in [4.78, 5) is 0. The maximum atomic E-state index is 8.68. The molecule has 0 unspecified atom stereocenters. The van der Waals surface area contributed by atoms with Crippen molar-refractivity contribution in [3.63, 3.8) is 0 Å². The van der Waals surface area contributed by atoms with E-state index in [0.29, 0.717) is 0 Å². The number of unbranched alkanes of at least 4 members (excludes halogenated alkanes) is 12. The summed E-state index contributed by atoms with van der Waals surface area (Å²) < 4.78 is 0. The van der Waals surface area contributed by atoms with Crippen molar-refractivity contribution in [3.05, 3.63) is 11.8 Å². The molecule has 120 valence electrons. The highest BCUT2D eigenvalue weighted by Gasteiger charge is 1.94. The molecule has 0 aliphatic carbocycles. The average molecular weight is 283 g/mol. The smallest absolute Gasteiger partial charge is 0.0631 e. The molecule has 0 saturated heterocycles. The Bertz CT molecular complexity index is 213. The molecular formula is C18H37NO. The van der Waals surface area contributed by atoms with Gasteiger partial charge in [0.25, 0.3) is 0 Å². The lowest BCUT2D eigenvalue weighted by Gasteiger charge is -2.03. The predicted molar refractivity (Wildman–Crippen MR) is 89.7 cm³/mol. The van der Waals surface area contributed by atoms with Gasteiger partial charge in [-0.1, -0.05) is 84.0 Å². The summed E-state index contributed by atoms with van der Waals surface area (Å²) in [7, 11) is 0. The van der Waals surface area contributed by atoms with Crippen LogP contribution in [0.15, 0.2) is 11.8 Å². The van der Waals surface area contributed by atoms with Gasteiger partial charge >= 0.3 is 0 Å². The molecule has 0 amide bonds. The highest BCUT2D eigenvalue weighted by atomic mass is 16.2. The van der Waals surface area contributed by atoms with Crippen LogP contribution in [0.3, 0.4) is 0 Å². The zero-order valence-corrected chi connectivity index (χ0v) is 13.7. The topological polar surface area (TPSA) is 46.2 Å². The van der Waals surface area contributed by atoms with E-state index in [1.165, 1.54) is 83.5 Å². The van der Waals surface area contributed by atoms with Gasteiger partial charge in [0.1, 0.15) is 0 Å². The molecule has 0 radical (unpaired) electrons. The average Bonchev–Trinajstić information content (AvgIpc) is 2.44. The van der Waals surface area contributed by atoms with Crippen LogP contribution in [0.4, 0.5) is 0 Å². The number of aliphatic hydroxyl groups excluding tert-OH is 1.